The normalized spacial score (nSPS) is 19.4. The van der Waals surface area contributed by atoms with Crippen LogP contribution in [-0.2, 0) is 11.3 Å². The summed E-state index contributed by atoms with van der Waals surface area (Å²) in [4.78, 5) is 27.9. The van der Waals surface area contributed by atoms with E-state index in [9.17, 15) is 9.59 Å². The number of likely N-dealkylation sites (tertiary alicyclic amines) is 1. The summed E-state index contributed by atoms with van der Waals surface area (Å²) < 4.78 is 12.7. The summed E-state index contributed by atoms with van der Waals surface area (Å²) in [5.41, 5.74) is 4.69. The Hall–Kier alpha value is -3.81. The van der Waals surface area contributed by atoms with Crippen molar-refractivity contribution < 1.29 is 19.1 Å². The molecular formula is C28H30N4O4. The smallest absolute Gasteiger partial charge is 0.253 e. The Kier molecular flexibility index (Phi) is 5.47. The number of fused-ring (bicyclic) bond motifs is 1. The fourth-order valence-corrected chi connectivity index (χ4v) is 5.57. The van der Waals surface area contributed by atoms with E-state index in [1.54, 1.807) is 6.07 Å². The highest BCUT2D eigenvalue weighted by molar-refractivity contribution is 5.96. The molecule has 1 saturated heterocycles. The monoisotopic (exact) mass is 486 g/mol. The third-order valence-corrected chi connectivity index (χ3v) is 7.83. The lowest BCUT2D eigenvalue weighted by atomic mass is 9.90. The van der Waals surface area contributed by atoms with Crippen LogP contribution in [0, 0.1) is 25.2 Å². The van der Waals surface area contributed by atoms with Crippen molar-refractivity contribution in [3.8, 4) is 11.5 Å². The Morgan fingerprint density at radius 1 is 1.03 bits per heavy atom. The lowest BCUT2D eigenvalue weighted by Crippen LogP contribution is -2.40. The molecule has 8 heteroatoms. The van der Waals surface area contributed by atoms with Gasteiger partial charge in [-0.25, -0.2) is 0 Å². The lowest BCUT2D eigenvalue weighted by molar-refractivity contribution is -0.118. The van der Waals surface area contributed by atoms with Crippen LogP contribution in [0.3, 0.4) is 0 Å². The molecule has 2 aromatic carbocycles. The number of amides is 2. The Balaban J connectivity index is 1.02. The van der Waals surface area contributed by atoms with Gasteiger partial charge in [-0.2, -0.15) is 5.10 Å². The van der Waals surface area contributed by atoms with Crippen LogP contribution in [0.2, 0.25) is 0 Å². The number of hydrogen-bond donors (Lipinski definition) is 1. The van der Waals surface area contributed by atoms with E-state index in [4.69, 9.17) is 9.47 Å². The molecule has 0 radical (unpaired) electrons. The summed E-state index contributed by atoms with van der Waals surface area (Å²) in [5.74, 6) is 1.46. The summed E-state index contributed by atoms with van der Waals surface area (Å²) in [6.07, 6.45) is 2.59. The van der Waals surface area contributed by atoms with Gasteiger partial charge in [0.2, 0.25) is 12.7 Å². The third-order valence-electron chi connectivity index (χ3n) is 7.83. The molecule has 1 aliphatic carbocycles. The van der Waals surface area contributed by atoms with Gasteiger partial charge in [0.15, 0.2) is 11.5 Å². The van der Waals surface area contributed by atoms with E-state index in [-0.39, 0.29) is 29.9 Å². The van der Waals surface area contributed by atoms with Crippen LogP contribution in [0.25, 0.3) is 0 Å². The number of carbonyl (C=O) groups is 2. The number of piperidine rings is 1. The molecule has 0 bridgehead atoms. The zero-order valence-electron chi connectivity index (χ0n) is 20.6. The minimum Gasteiger partial charge on any atom is -0.454 e. The van der Waals surface area contributed by atoms with E-state index in [0.717, 1.165) is 41.9 Å². The van der Waals surface area contributed by atoms with E-state index in [0.29, 0.717) is 36.7 Å². The maximum absolute atomic E-state index is 13.1. The molecule has 1 spiro atoms. The van der Waals surface area contributed by atoms with Crippen molar-refractivity contribution in [1.29, 1.82) is 0 Å². The Bertz CT molecular complexity index is 1320. The van der Waals surface area contributed by atoms with Crippen molar-refractivity contribution in [2.45, 2.75) is 39.7 Å². The highest BCUT2D eigenvalue weighted by atomic mass is 16.7. The molecule has 1 atom stereocenters. The average Bonchev–Trinajstić information content (AvgIpc) is 3.19. The van der Waals surface area contributed by atoms with Gasteiger partial charge < -0.3 is 19.7 Å². The minimum absolute atomic E-state index is 0.00570. The van der Waals surface area contributed by atoms with Crippen LogP contribution in [0.5, 0.6) is 11.5 Å². The van der Waals surface area contributed by atoms with Crippen LogP contribution in [-0.4, -0.2) is 46.4 Å². The maximum Gasteiger partial charge on any atom is 0.253 e. The number of anilines is 1. The molecule has 3 aromatic rings. The van der Waals surface area contributed by atoms with Crippen LogP contribution in [0.15, 0.2) is 48.5 Å². The Labute approximate surface area is 210 Å². The van der Waals surface area contributed by atoms with E-state index < -0.39 is 0 Å². The molecule has 1 aromatic heterocycles. The van der Waals surface area contributed by atoms with Gasteiger partial charge in [0, 0.05) is 42.0 Å². The molecule has 1 N–H and O–H groups in total. The van der Waals surface area contributed by atoms with E-state index >= 15 is 0 Å². The number of benzene rings is 2. The Morgan fingerprint density at radius 2 is 1.78 bits per heavy atom. The Morgan fingerprint density at radius 3 is 2.50 bits per heavy atom. The van der Waals surface area contributed by atoms with E-state index in [1.165, 1.54) is 0 Å². The minimum atomic E-state index is -0.00570. The van der Waals surface area contributed by atoms with Crippen molar-refractivity contribution in [2.24, 2.45) is 11.3 Å². The first kappa shape index (κ1) is 22.6. The number of aryl methyl sites for hydroxylation is 2. The van der Waals surface area contributed by atoms with Gasteiger partial charge in [-0.1, -0.05) is 12.1 Å². The lowest BCUT2D eigenvalue weighted by Gasteiger charge is -2.33. The second-order valence-corrected chi connectivity index (χ2v) is 10.3. The molecule has 6 rings (SSSR count). The van der Waals surface area contributed by atoms with Crippen molar-refractivity contribution in [3.63, 3.8) is 0 Å². The summed E-state index contributed by atoms with van der Waals surface area (Å²) >= 11 is 0. The van der Waals surface area contributed by atoms with E-state index in [2.05, 4.69) is 16.5 Å². The van der Waals surface area contributed by atoms with Crippen molar-refractivity contribution in [2.75, 3.05) is 25.2 Å². The molecule has 2 amide bonds. The van der Waals surface area contributed by atoms with Gasteiger partial charge in [0.05, 0.1) is 12.2 Å². The van der Waals surface area contributed by atoms with Gasteiger partial charge in [-0.05, 0) is 74.4 Å². The van der Waals surface area contributed by atoms with Crippen LogP contribution in [0.1, 0.15) is 46.6 Å². The van der Waals surface area contributed by atoms with Crippen molar-refractivity contribution >= 4 is 17.5 Å². The molecule has 3 aliphatic rings. The maximum atomic E-state index is 13.1. The topological polar surface area (TPSA) is 85.7 Å². The van der Waals surface area contributed by atoms with Crippen LogP contribution in [0.4, 0.5) is 5.69 Å². The fourth-order valence-electron chi connectivity index (χ4n) is 5.57. The van der Waals surface area contributed by atoms with Gasteiger partial charge in [0.25, 0.3) is 5.91 Å². The summed E-state index contributed by atoms with van der Waals surface area (Å²) in [6.45, 7) is 6.30. The number of rotatable bonds is 5. The first-order valence-electron chi connectivity index (χ1n) is 12.5. The molecule has 1 unspecified atom stereocenters. The molecule has 186 valence electrons. The summed E-state index contributed by atoms with van der Waals surface area (Å²) in [6, 6.07) is 15.4. The molecule has 8 nitrogen and oxygen atoms in total. The number of carbonyl (C=O) groups excluding carboxylic acids is 2. The largest absolute Gasteiger partial charge is 0.454 e. The van der Waals surface area contributed by atoms with Gasteiger partial charge in [-0.3, -0.25) is 14.3 Å². The average molecular weight is 487 g/mol. The number of aromatic nitrogens is 2. The molecule has 2 fully saturated rings. The number of ether oxygens (including phenoxy) is 2. The van der Waals surface area contributed by atoms with E-state index in [1.807, 2.05) is 59.8 Å². The van der Waals surface area contributed by atoms with Gasteiger partial charge in [-0.15, -0.1) is 0 Å². The predicted octanol–water partition coefficient (Wildman–Crippen LogP) is 4.16. The first-order valence-corrected chi connectivity index (χ1v) is 12.5. The highest BCUT2D eigenvalue weighted by Gasteiger charge is 2.58. The summed E-state index contributed by atoms with van der Waals surface area (Å²) in [7, 11) is 0. The van der Waals surface area contributed by atoms with Crippen molar-refractivity contribution in [3.05, 3.63) is 71.0 Å². The molecule has 1 saturated carbocycles. The fraction of sp³-hybridized carbons (Fsp3) is 0.393. The highest BCUT2D eigenvalue weighted by Crippen LogP contribution is 2.59. The zero-order valence-corrected chi connectivity index (χ0v) is 20.6. The molecule has 3 heterocycles. The SMILES string of the molecule is Cc1cc(C)n(Cc2ccc(C(=O)N3CCC4(CC3)CC4C(=O)Nc3ccc4c(c3)OCO4)cc2)n1. The second-order valence-electron chi connectivity index (χ2n) is 10.3. The predicted molar refractivity (Wildman–Crippen MR) is 134 cm³/mol. The molecule has 2 aliphatic heterocycles. The zero-order chi connectivity index (χ0) is 24.9. The third kappa shape index (κ3) is 4.21. The van der Waals surface area contributed by atoms with Crippen LogP contribution >= 0.6 is 0 Å². The second kappa shape index (κ2) is 8.69. The number of nitrogens with zero attached hydrogens (tertiary/aromatic N) is 3. The molecule has 36 heavy (non-hydrogen) atoms. The van der Waals surface area contributed by atoms with Crippen LogP contribution < -0.4 is 14.8 Å². The number of nitrogens with one attached hydrogen (secondary N) is 1. The first-order chi connectivity index (χ1) is 17.4. The summed E-state index contributed by atoms with van der Waals surface area (Å²) in [5, 5.41) is 7.54. The number of hydrogen-bond acceptors (Lipinski definition) is 5. The van der Waals surface area contributed by atoms with Gasteiger partial charge >= 0.3 is 0 Å². The van der Waals surface area contributed by atoms with Gasteiger partial charge in [0.1, 0.15) is 0 Å². The molecular weight excluding hydrogens is 456 g/mol. The quantitative estimate of drug-likeness (QED) is 0.585. The standard InChI is InChI=1S/C28H30N4O4/c1-18-13-19(2)32(30-18)16-20-3-5-21(6-4-20)27(34)31-11-9-28(10-12-31)15-23(28)26(33)29-22-7-8-24-25(14-22)36-17-35-24/h3-8,13-14,23H,9-12,15-17H2,1-2H3,(H,29,33). The van der Waals surface area contributed by atoms with Crippen molar-refractivity contribution in [1.82, 2.24) is 14.7 Å².